The summed E-state index contributed by atoms with van der Waals surface area (Å²) in [6.45, 7) is 3.64. The molecule has 0 unspecified atom stereocenters. The second-order valence-electron chi connectivity index (χ2n) is 16.9. The third-order valence-corrected chi connectivity index (χ3v) is 20.7. The summed E-state index contributed by atoms with van der Waals surface area (Å²) >= 11 is 0. The van der Waals surface area contributed by atoms with Gasteiger partial charge in [0, 0.05) is 62.0 Å². The summed E-state index contributed by atoms with van der Waals surface area (Å²) in [5.41, 5.74) is 4.19. The summed E-state index contributed by atoms with van der Waals surface area (Å²) in [6.07, 6.45) is 1.25. The number of hydrogen-bond acceptors (Lipinski definition) is 4. The van der Waals surface area contributed by atoms with Crippen LogP contribution in [0, 0.1) is 22.7 Å². The molecule has 2 N–H and O–H groups in total. The van der Waals surface area contributed by atoms with Gasteiger partial charge in [-0.15, -0.1) is 0 Å². The van der Waals surface area contributed by atoms with Crippen molar-refractivity contribution in [2.75, 3.05) is 10.2 Å². The summed E-state index contributed by atoms with van der Waals surface area (Å²) in [7, 11) is -5.15. The summed E-state index contributed by atoms with van der Waals surface area (Å²) in [5, 5.41) is 44.3. The van der Waals surface area contributed by atoms with Crippen LogP contribution >= 0.6 is 32.3 Å². The van der Waals surface area contributed by atoms with Gasteiger partial charge in [-0.3, -0.25) is 10.2 Å². The number of benzene rings is 10. The normalized spacial score (nSPS) is 10.0. The molecule has 10 aromatic carbocycles. The van der Waals surface area contributed by atoms with E-state index < -0.39 is 32.3 Å². The van der Waals surface area contributed by atoms with E-state index >= 15 is 0 Å². The Balaban J connectivity index is 0.000000247. The van der Waals surface area contributed by atoms with Crippen molar-refractivity contribution < 1.29 is 33.0 Å². The first-order chi connectivity index (χ1) is 37.6. The molecule has 6 nitrogen and oxygen atoms in total. The molecule has 0 aliphatic carbocycles. The molecule has 0 fully saturated rings. The van der Waals surface area contributed by atoms with Crippen LogP contribution in [0.1, 0.15) is 26.7 Å². The molecule has 0 heterocycles. The van der Waals surface area contributed by atoms with E-state index in [1.807, 2.05) is 26.0 Å². The van der Waals surface area contributed by atoms with Crippen LogP contribution in [0.15, 0.2) is 291 Å². The zero-order valence-corrected chi connectivity index (χ0v) is 49.5. The van der Waals surface area contributed by atoms with Crippen LogP contribution in [-0.4, -0.2) is 0 Å². The van der Waals surface area contributed by atoms with Crippen LogP contribution < -0.4 is 52.6 Å². The van der Waals surface area contributed by atoms with E-state index in [1.54, 1.807) is 0 Å². The molecule has 78 heavy (non-hydrogen) atoms. The smallest absolute Gasteiger partial charge is 0.154 e. The largest absolute Gasteiger partial charge is 0.514 e. The molecule has 10 rings (SSSR count). The van der Waals surface area contributed by atoms with Gasteiger partial charge in [0.25, 0.3) is 0 Å². The zero-order chi connectivity index (χ0) is 52.8. The molecular weight excluding hydrogens is 1120 g/mol. The quantitative estimate of drug-likeness (QED) is 0.0744. The molecule has 0 aliphatic heterocycles. The maximum absolute atomic E-state index is 7.62. The molecule has 0 aliphatic rings. The van der Waals surface area contributed by atoms with Crippen LogP contribution in [0.2, 0.25) is 0 Å². The van der Waals surface area contributed by atoms with Crippen molar-refractivity contribution in [3.05, 3.63) is 301 Å². The van der Waals surface area contributed by atoms with Crippen LogP contribution in [-0.2, 0) is 33.0 Å². The van der Waals surface area contributed by atoms with E-state index in [9.17, 15) is 0 Å². The van der Waals surface area contributed by atoms with E-state index in [0.29, 0.717) is 12.8 Å². The van der Waals surface area contributed by atoms with Crippen LogP contribution in [0.25, 0.3) is 10.2 Å². The second-order valence-corrected chi connectivity index (χ2v) is 25.4. The first kappa shape index (κ1) is 61.9. The minimum Gasteiger partial charge on any atom is -0.514 e. The Morgan fingerprint density at radius 1 is 0.295 bits per heavy atom. The average molecular weight is 1180 g/mol. The maximum atomic E-state index is 7.62. The van der Waals surface area contributed by atoms with E-state index in [1.165, 1.54) is 42.4 Å². The monoisotopic (exact) mass is 1180 g/mol. The van der Waals surface area contributed by atoms with Gasteiger partial charge >= 0.3 is 0 Å². The van der Waals surface area contributed by atoms with Gasteiger partial charge in [0.15, 0.2) is 16.1 Å². The van der Waals surface area contributed by atoms with Crippen molar-refractivity contribution in [3.8, 4) is 12.1 Å². The van der Waals surface area contributed by atoms with Gasteiger partial charge in [-0.25, -0.2) is 0 Å². The van der Waals surface area contributed by atoms with Crippen LogP contribution in [0.3, 0.4) is 0 Å². The average Bonchev–Trinajstić information content (AvgIpc) is 3.51. The molecular formula is C66H64N6Ni2P4+2. The van der Waals surface area contributed by atoms with Gasteiger partial charge in [-0.2, -0.15) is 10.5 Å². The van der Waals surface area contributed by atoms with E-state index in [0.717, 1.165) is 22.7 Å². The molecule has 10 aromatic rings. The van der Waals surface area contributed by atoms with Gasteiger partial charge in [0.05, 0.1) is 44.7 Å². The number of rotatable bonds is 16. The number of nitriles is 2. The Morgan fingerprint density at radius 3 is 0.679 bits per heavy atom. The maximum Gasteiger partial charge on any atom is 0.154 e. The molecule has 0 aromatic heterocycles. The SMILES string of the molecule is CCC#N.CCC#N.[Ni].[Ni].c1ccc([PH+]([N-]c2ccccc2N[PH+](c2ccccc2)c2ccccc2)c2ccccc2)cc1.c1ccc([PH+]([N-]c2ccccc2N[PH+](c2ccccc2)c2ccccc2)c2ccccc2)cc1. The molecule has 0 spiro atoms. The number of anilines is 2. The van der Waals surface area contributed by atoms with Crippen molar-refractivity contribution in [2.45, 2.75) is 26.7 Å². The Kier molecular flexibility index (Phi) is 28.2. The number of para-hydroxylation sites is 4. The van der Waals surface area contributed by atoms with Gasteiger partial charge in [-0.1, -0.05) is 207 Å². The van der Waals surface area contributed by atoms with E-state index in [-0.39, 0.29) is 33.0 Å². The molecule has 12 heteroatoms. The number of nitrogens with zero attached hydrogens (tertiary/aromatic N) is 4. The summed E-state index contributed by atoms with van der Waals surface area (Å²) in [5.74, 6) is 0. The fraction of sp³-hybridized carbons (Fsp3) is 0.0606. The first-order valence-corrected chi connectivity index (χ1v) is 31.3. The molecule has 0 radical (unpaired) electrons. The molecule has 0 bridgehead atoms. The summed E-state index contributed by atoms with van der Waals surface area (Å²) in [6, 6.07) is 106. The first-order valence-electron chi connectivity index (χ1n) is 25.4. The minimum atomic E-state index is -1.34. The number of hydrogen-bond donors (Lipinski definition) is 2. The van der Waals surface area contributed by atoms with Gasteiger partial charge in [0.2, 0.25) is 0 Å². The Morgan fingerprint density at radius 2 is 0.474 bits per heavy atom. The van der Waals surface area contributed by atoms with Crippen molar-refractivity contribution >= 4 is 97.5 Å². The summed E-state index contributed by atoms with van der Waals surface area (Å²) in [4.78, 5) is 0. The predicted molar refractivity (Wildman–Crippen MR) is 340 cm³/mol. The van der Waals surface area contributed by atoms with Gasteiger partial charge in [0.1, 0.15) is 21.2 Å². The van der Waals surface area contributed by atoms with Gasteiger partial charge in [-0.05, 0) is 109 Å². The third kappa shape index (κ3) is 19.2. The molecule has 0 atom stereocenters. The van der Waals surface area contributed by atoms with Crippen molar-refractivity contribution in [1.29, 1.82) is 10.5 Å². The predicted octanol–water partition coefficient (Wildman–Crippen LogP) is 15.2. The minimum absolute atomic E-state index is 0. The molecule has 0 saturated carbocycles. The van der Waals surface area contributed by atoms with Crippen molar-refractivity contribution in [2.24, 2.45) is 0 Å². The third-order valence-electron chi connectivity index (χ3n) is 11.5. The summed E-state index contributed by atoms with van der Waals surface area (Å²) < 4.78 is 0. The van der Waals surface area contributed by atoms with Crippen molar-refractivity contribution in [3.63, 3.8) is 0 Å². The topological polar surface area (TPSA) is 99.8 Å². The Hall–Kier alpha value is -6.91. The fourth-order valence-corrected chi connectivity index (χ4v) is 16.3. The standard InChI is InChI=1S/2C30H26N2P2.2C3H5N.2Ni/c2*1-5-15-25(16-6-1)33(26-17-7-2-8-18-26)31-29-23-13-14-24-30(29)32-34(27-19-9-3-10-20-27)28-21-11-4-12-22-28;2*1-2-3-4;;/h2*1-24,31,34H;2*2H2,1H3;;/p+2. The Labute approximate surface area is 487 Å². The van der Waals surface area contributed by atoms with Crippen LogP contribution in [0.4, 0.5) is 22.7 Å². The number of nitrogens with one attached hydrogen (secondary N) is 2. The second kappa shape index (κ2) is 35.5. The molecule has 0 saturated heterocycles. The molecule has 0 amide bonds. The Bertz CT molecular complexity index is 2680. The van der Waals surface area contributed by atoms with Crippen LogP contribution in [0.5, 0.6) is 0 Å². The van der Waals surface area contributed by atoms with E-state index in [4.69, 9.17) is 20.7 Å². The fourth-order valence-electron chi connectivity index (χ4n) is 7.88. The van der Waals surface area contributed by atoms with Crippen molar-refractivity contribution in [1.82, 2.24) is 0 Å². The van der Waals surface area contributed by atoms with Gasteiger partial charge < -0.3 is 10.2 Å². The van der Waals surface area contributed by atoms with E-state index in [2.05, 4.69) is 301 Å². The molecule has 396 valence electrons. The zero-order valence-electron chi connectivity index (χ0n) is 43.5.